The van der Waals surface area contributed by atoms with E-state index in [0.717, 1.165) is 13.1 Å². The minimum absolute atomic E-state index is 0.0536. The summed E-state index contributed by atoms with van der Waals surface area (Å²) in [6, 6.07) is 4.53. The van der Waals surface area contributed by atoms with Crippen molar-refractivity contribution in [1.29, 1.82) is 0 Å². The molecule has 0 amide bonds. The normalized spacial score (nSPS) is 21.9. The second-order valence-electron chi connectivity index (χ2n) is 5.13. The molecule has 1 atom stereocenters. The van der Waals surface area contributed by atoms with Crippen LogP contribution in [0.5, 0.6) is 5.75 Å². The summed E-state index contributed by atoms with van der Waals surface area (Å²) in [5.41, 5.74) is 6.13. The van der Waals surface area contributed by atoms with E-state index in [-0.39, 0.29) is 10.9 Å². The van der Waals surface area contributed by atoms with Gasteiger partial charge in [0.2, 0.25) is 10.0 Å². The molecule has 6 nitrogen and oxygen atoms in total. The van der Waals surface area contributed by atoms with Crippen LogP contribution >= 0.6 is 0 Å². The van der Waals surface area contributed by atoms with Crippen LogP contribution < -0.4 is 10.5 Å². The van der Waals surface area contributed by atoms with E-state index in [1.807, 2.05) is 14.0 Å². The second-order valence-corrected chi connectivity index (χ2v) is 7.02. The molecule has 0 aromatic heterocycles. The van der Waals surface area contributed by atoms with Gasteiger partial charge in [-0.05, 0) is 32.2 Å². The Morgan fingerprint density at radius 3 is 2.60 bits per heavy atom. The van der Waals surface area contributed by atoms with Gasteiger partial charge in [0.1, 0.15) is 5.75 Å². The lowest BCUT2D eigenvalue weighted by Crippen LogP contribution is -2.52. The molecular weight excluding hydrogens is 278 g/mol. The number of rotatable bonds is 3. The van der Waals surface area contributed by atoms with Crippen LogP contribution in [0.4, 0.5) is 5.69 Å². The van der Waals surface area contributed by atoms with Crippen molar-refractivity contribution in [2.45, 2.75) is 17.9 Å². The largest absolute Gasteiger partial charge is 0.495 e. The van der Waals surface area contributed by atoms with Gasteiger partial charge in [-0.3, -0.25) is 0 Å². The summed E-state index contributed by atoms with van der Waals surface area (Å²) in [6.07, 6.45) is 0. The van der Waals surface area contributed by atoms with E-state index < -0.39 is 10.0 Å². The molecule has 1 aromatic rings. The van der Waals surface area contributed by atoms with Crippen LogP contribution in [0.3, 0.4) is 0 Å². The molecule has 0 radical (unpaired) electrons. The van der Waals surface area contributed by atoms with Gasteiger partial charge in [-0.15, -0.1) is 0 Å². The Morgan fingerprint density at radius 2 is 2.05 bits per heavy atom. The van der Waals surface area contributed by atoms with Crippen molar-refractivity contribution in [2.24, 2.45) is 0 Å². The van der Waals surface area contributed by atoms with Gasteiger partial charge in [-0.1, -0.05) is 0 Å². The molecule has 0 spiro atoms. The number of methoxy groups -OCH3 is 1. The number of nitrogen functional groups attached to an aromatic ring is 1. The van der Waals surface area contributed by atoms with E-state index in [2.05, 4.69) is 4.90 Å². The van der Waals surface area contributed by atoms with Crippen LogP contribution in [0.2, 0.25) is 0 Å². The van der Waals surface area contributed by atoms with E-state index in [1.54, 1.807) is 6.07 Å². The molecule has 0 saturated carbocycles. The predicted molar refractivity (Wildman–Crippen MR) is 78.3 cm³/mol. The third-order valence-corrected chi connectivity index (χ3v) is 5.59. The van der Waals surface area contributed by atoms with Crippen molar-refractivity contribution >= 4 is 15.7 Å². The van der Waals surface area contributed by atoms with Gasteiger partial charge in [-0.2, -0.15) is 4.31 Å². The van der Waals surface area contributed by atoms with E-state index in [0.29, 0.717) is 18.0 Å². The highest BCUT2D eigenvalue weighted by molar-refractivity contribution is 7.89. The molecule has 1 aliphatic heterocycles. The number of hydrogen-bond acceptors (Lipinski definition) is 5. The average molecular weight is 299 g/mol. The molecule has 1 unspecified atom stereocenters. The summed E-state index contributed by atoms with van der Waals surface area (Å²) in [6.45, 7) is 3.87. The van der Waals surface area contributed by atoms with E-state index >= 15 is 0 Å². The number of benzene rings is 1. The number of nitrogens with zero attached hydrogens (tertiary/aromatic N) is 2. The van der Waals surface area contributed by atoms with Gasteiger partial charge in [0, 0.05) is 25.7 Å². The predicted octanol–water partition coefficient (Wildman–Crippen LogP) is 0.602. The molecule has 7 heteroatoms. The van der Waals surface area contributed by atoms with E-state index in [4.69, 9.17) is 10.5 Å². The fourth-order valence-electron chi connectivity index (χ4n) is 2.49. The van der Waals surface area contributed by atoms with Gasteiger partial charge in [0.05, 0.1) is 17.7 Å². The maximum absolute atomic E-state index is 12.7. The minimum atomic E-state index is -3.51. The van der Waals surface area contributed by atoms with Crippen LogP contribution in [0.15, 0.2) is 23.1 Å². The molecule has 0 bridgehead atoms. The van der Waals surface area contributed by atoms with Gasteiger partial charge in [0.15, 0.2) is 0 Å². The van der Waals surface area contributed by atoms with Gasteiger partial charge in [-0.25, -0.2) is 8.42 Å². The van der Waals surface area contributed by atoms with Crippen molar-refractivity contribution < 1.29 is 13.2 Å². The fourth-order valence-corrected chi connectivity index (χ4v) is 4.14. The van der Waals surface area contributed by atoms with Crippen molar-refractivity contribution in [3.05, 3.63) is 18.2 Å². The lowest BCUT2D eigenvalue weighted by molar-refractivity contribution is 0.170. The molecule has 1 heterocycles. The number of piperazine rings is 1. The SMILES string of the molecule is COc1ccc(S(=O)(=O)N2CCN(C)CC2C)cc1N. The number of sulfonamides is 1. The first-order chi connectivity index (χ1) is 9.36. The Balaban J connectivity index is 2.33. The van der Waals surface area contributed by atoms with E-state index in [1.165, 1.54) is 23.5 Å². The van der Waals surface area contributed by atoms with E-state index in [9.17, 15) is 8.42 Å². The first-order valence-electron chi connectivity index (χ1n) is 6.50. The van der Waals surface area contributed by atoms with Crippen LogP contribution in [0, 0.1) is 0 Å². The van der Waals surface area contributed by atoms with Crippen molar-refractivity contribution in [2.75, 3.05) is 39.5 Å². The summed E-state index contributed by atoms with van der Waals surface area (Å²) in [5.74, 6) is 0.482. The zero-order valence-electron chi connectivity index (χ0n) is 12.0. The van der Waals surface area contributed by atoms with Crippen molar-refractivity contribution in [3.63, 3.8) is 0 Å². The van der Waals surface area contributed by atoms with Crippen LogP contribution in [-0.4, -0.2) is 57.5 Å². The molecule has 1 aliphatic rings. The molecule has 20 heavy (non-hydrogen) atoms. The summed E-state index contributed by atoms with van der Waals surface area (Å²) in [7, 11) is -0.0167. The lowest BCUT2D eigenvalue weighted by atomic mass is 10.2. The minimum Gasteiger partial charge on any atom is -0.495 e. The topological polar surface area (TPSA) is 75.9 Å². The monoisotopic (exact) mass is 299 g/mol. The Kier molecular flexibility index (Phi) is 4.22. The number of nitrogens with two attached hydrogens (primary N) is 1. The second kappa shape index (κ2) is 5.59. The van der Waals surface area contributed by atoms with Gasteiger partial charge >= 0.3 is 0 Å². The molecular formula is C13H21N3O3S. The maximum Gasteiger partial charge on any atom is 0.243 e. The highest BCUT2D eigenvalue weighted by Crippen LogP contribution is 2.27. The Hall–Kier alpha value is -1.31. The zero-order valence-corrected chi connectivity index (χ0v) is 12.9. The lowest BCUT2D eigenvalue weighted by Gasteiger charge is -2.37. The number of ether oxygens (including phenoxy) is 1. The smallest absolute Gasteiger partial charge is 0.243 e. The fraction of sp³-hybridized carbons (Fsp3) is 0.538. The summed E-state index contributed by atoms with van der Waals surface area (Å²) in [4.78, 5) is 2.34. The summed E-state index contributed by atoms with van der Waals surface area (Å²) >= 11 is 0. The Bertz CT molecular complexity index is 589. The molecule has 2 rings (SSSR count). The Morgan fingerprint density at radius 1 is 1.35 bits per heavy atom. The third-order valence-electron chi connectivity index (χ3n) is 3.58. The first kappa shape index (κ1) is 15.1. The first-order valence-corrected chi connectivity index (χ1v) is 7.94. The average Bonchev–Trinajstić information content (AvgIpc) is 2.38. The molecule has 0 aliphatic carbocycles. The highest BCUT2D eigenvalue weighted by atomic mass is 32.2. The molecule has 1 fully saturated rings. The number of likely N-dealkylation sites (N-methyl/N-ethyl adjacent to an activating group) is 1. The van der Waals surface area contributed by atoms with Crippen LogP contribution in [0.1, 0.15) is 6.92 Å². The highest BCUT2D eigenvalue weighted by Gasteiger charge is 2.32. The molecule has 2 N–H and O–H groups in total. The standard InChI is InChI=1S/C13H21N3O3S/c1-10-9-15(2)6-7-16(10)20(17,18)11-4-5-13(19-3)12(14)8-11/h4-5,8,10H,6-7,9,14H2,1-3H3. The van der Waals surface area contributed by atoms with Crippen LogP contribution in [-0.2, 0) is 10.0 Å². The molecule has 1 saturated heterocycles. The van der Waals surface area contributed by atoms with Gasteiger partial charge < -0.3 is 15.4 Å². The third kappa shape index (κ3) is 2.74. The quantitative estimate of drug-likeness (QED) is 0.827. The zero-order chi connectivity index (χ0) is 14.9. The summed E-state index contributed by atoms with van der Waals surface area (Å²) in [5, 5.41) is 0. The van der Waals surface area contributed by atoms with Crippen LogP contribution in [0.25, 0.3) is 0 Å². The van der Waals surface area contributed by atoms with Crippen molar-refractivity contribution in [1.82, 2.24) is 9.21 Å². The summed E-state index contributed by atoms with van der Waals surface area (Å²) < 4.78 is 31.9. The molecule has 1 aromatic carbocycles. The molecule has 112 valence electrons. The Labute approximate surface area is 120 Å². The number of hydrogen-bond donors (Lipinski definition) is 1. The van der Waals surface area contributed by atoms with Crippen molar-refractivity contribution in [3.8, 4) is 5.75 Å². The maximum atomic E-state index is 12.7. The number of anilines is 1. The van der Waals surface area contributed by atoms with Gasteiger partial charge in [0.25, 0.3) is 0 Å².